The minimum absolute atomic E-state index is 0.145. The molecule has 1 aliphatic rings. The Morgan fingerprint density at radius 1 is 1.13 bits per heavy atom. The number of anilines is 1. The molecule has 0 aliphatic carbocycles. The Bertz CT molecular complexity index is 715. The van der Waals surface area contributed by atoms with E-state index in [0.29, 0.717) is 18.8 Å². The number of hydrogen-bond donors (Lipinski definition) is 2. The first kappa shape index (κ1) is 15.1. The fraction of sp³-hybridized carbons (Fsp3) is 0.222. The third-order valence-corrected chi connectivity index (χ3v) is 3.98. The smallest absolute Gasteiger partial charge is 0.322 e. The lowest BCUT2D eigenvalue weighted by Gasteiger charge is -2.35. The Hall–Kier alpha value is -2.82. The molecule has 5 heteroatoms. The number of carbonyl (C=O) groups excluding carboxylic acids is 2. The van der Waals surface area contributed by atoms with Crippen molar-refractivity contribution in [2.45, 2.75) is 13.0 Å². The molecule has 0 spiro atoms. The summed E-state index contributed by atoms with van der Waals surface area (Å²) in [5.74, 6) is -0.145. The maximum Gasteiger partial charge on any atom is 0.322 e. The summed E-state index contributed by atoms with van der Waals surface area (Å²) in [6, 6.07) is 16.0. The van der Waals surface area contributed by atoms with E-state index in [0.717, 1.165) is 11.1 Å². The first-order valence-corrected chi connectivity index (χ1v) is 7.63. The molecule has 1 saturated heterocycles. The molecule has 1 unspecified atom stereocenters. The molecule has 1 atom stereocenters. The van der Waals surface area contributed by atoms with Gasteiger partial charge >= 0.3 is 6.03 Å². The van der Waals surface area contributed by atoms with Crippen molar-refractivity contribution in [3.63, 3.8) is 0 Å². The van der Waals surface area contributed by atoms with Gasteiger partial charge in [0.15, 0.2) is 0 Å². The first-order chi connectivity index (χ1) is 11.2. The Morgan fingerprint density at radius 2 is 1.83 bits per heavy atom. The normalized spacial score (nSPS) is 17.5. The molecule has 1 heterocycles. The van der Waals surface area contributed by atoms with Gasteiger partial charge in [0.1, 0.15) is 6.04 Å². The van der Waals surface area contributed by atoms with E-state index in [1.807, 2.05) is 61.5 Å². The lowest BCUT2D eigenvalue weighted by Crippen LogP contribution is -2.53. The second-order valence-corrected chi connectivity index (χ2v) is 5.54. The summed E-state index contributed by atoms with van der Waals surface area (Å²) in [4.78, 5) is 26.6. The Morgan fingerprint density at radius 3 is 2.57 bits per heavy atom. The van der Waals surface area contributed by atoms with E-state index in [1.165, 1.54) is 0 Å². The summed E-state index contributed by atoms with van der Waals surface area (Å²) >= 11 is 0. The van der Waals surface area contributed by atoms with E-state index in [9.17, 15) is 9.59 Å². The van der Waals surface area contributed by atoms with Gasteiger partial charge in [0.2, 0.25) is 5.91 Å². The summed E-state index contributed by atoms with van der Waals surface area (Å²) in [6.07, 6.45) is 0. The quantitative estimate of drug-likeness (QED) is 0.896. The molecule has 2 N–H and O–H groups in total. The van der Waals surface area contributed by atoms with Crippen molar-refractivity contribution in [2.75, 3.05) is 18.4 Å². The molecular formula is C18H19N3O2. The zero-order valence-electron chi connectivity index (χ0n) is 13.0. The molecule has 118 valence electrons. The van der Waals surface area contributed by atoms with E-state index >= 15 is 0 Å². The van der Waals surface area contributed by atoms with E-state index < -0.39 is 6.04 Å². The van der Waals surface area contributed by atoms with Gasteiger partial charge in [-0.2, -0.15) is 0 Å². The molecule has 0 saturated carbocycles. The molecule has 2 aromatic carbocycles. The summed E-state index contributed by atoms with van der Waals surface area (Å²) in [6.45, 7) is 2.89. The lowest BCUT2D eigenvalue weighted by molar-refractivity contribution is -0.127. The maximum absolute atomic E-state index is 12.6. The Labute approximate surface area is 135 Å². The van der Waals surface area contributed by atoms with Crippen LogP contribution in [-0.2, 0) is 4.79 Å². The molecule has 0 radical (unpaired) electrons. The molecule has 1 fully saturated rings. The molecule has 0 aromatic heterocycles. The Kier molecular flexibility index (Phi) is 4.28. The number of para-hydroxylation sites is 1. The van der Waals surface area contributed by atoms with E-state index in [1.54, 1.807) is 4.90 Å². The van der Waals surface area contributed by atoms with Crippen molar-refractivity contribution in [3.8, 4) is 0 Å². The third-order valence-electron chi connectivity index (χ3n) is 3.98. The van der Waals surface area contributed by atoms with E-state index in [2.05, 4.69) is 10.6 Å². The average molecular weight is 309 g/mol. The summed E-state index contributed by atoms with van der Waals surface area (Å²) < 4.78 is 0. The van der Waals surface area contributed by atoms with Crippen LogP contribution < -0.4 is 10.6 Å². The second-order valence-electron chi connectivity index (χ2n) is 5.54. The van der Waals surface area contributed by atoms with Crippen LogP contribution in [0.25, 0.3) is 0 Å². The van der Waals surface area contributed by atoms with Crippen molar-refractivity contribution in [3.05, 3.63) is 65.7 Å². The number of hydrogen-bond acceptors (Lipinski definition) is 2. The fourth-order valence-corrected chi connectivity index (χ4v) is 2.81. The van der Waals surface area contributed by atoms with Crippen LogP contribution in [0.15, 0.2) is 54.6 Å². The largest absolute Gasteiger partial charge is 0.352 e. The number of benzene rings is 2. The summed E-state index contributed by atoms with van der Waals surface area (Å²) in [7, 11) is 0. The zero-order valence-corrected chi connectivity index (χ0v) is 13.0. The van der Waals surface area contributed by atoms with Crippen molar-refractivity contribution in [2.24, 2.45) is 0 Å². The molecule has 3 rings (SSSR count). The van der Waals surface area contributed by atoms with Gasteiger partial charge in [-0.15, -0.1) is 0 Å². The van der Waals surface area contributed by atoms with Gasteiger partial charge in [-0.3, -0.25) is 4.79 Å². The van der Waals surface area contributed by atoms with Gasteiger partial charge in [-0.1, -0.05) is 42.5 Å². The highest BCUT2D eigenvalue weighted by Gasteiger charge is 2.35. The van der Waals surface area contributed by atoms with Crippen molar-refractivity contribution < 1.29 is 9.59 Å². The molecule has 3 amide bonds. The minimum atomic E-state index is -0.603. The molecule has 5 nitrogen and oxygen atoms in total. The topological polar surface area (TPSA) is 61.4 Å². The zero-order chi connectivity index (χ0) is 16.2. The van der Waals surface area contributed by atoms with Crippen LogP contribution in [0.4, 0.5) is 10.5 Å². The number of nitrogens with one attached hydrogen (secondary N) is 2. The van der Waals surface area contributed by atoms with Gasteiger partial charge in [0.25, 0.3) is 0 Å². The highest BCUT2D eigenvalue weighted by atomic mass is 16.2. The van der Waals surface area contributed by atoms with Gasteiger partial charge < -0.3 is 15.5 Å². The standard InChI is InChI=1S/C18H19N3O2/c1-13-7-5-6-10-15(13)16-17(22)19-11-12-21(16)18(23)20-14-8-3-2-4-9-14/h2-10,16H,11-12H2,1H3,(H,19,22)(H,20,23). The van der Waals surface area contributed by atoms with Crippen LogP contribution in [0, 0.1) is 6.92 Å². The molecule has 0 bridgehead atoms. The molecular weight excluding hydrogens is 290 g/mol. The van der Waals surface area contributed by atoms with Gasteiger partial charge in [0, 0.05) is 18.8 Å². The van der Waals surface area contributed by atoms with E-state index in [-0.39, 0.29) is 11.9 Å². The maximum atomic E-state index is 12.6. The molecule has 2 aromatic rings. The predicted molar refractivity (Wildman–Crippen MR) is 89.1 cm³/mol. The SMILES string of the molecule is Cc1ccccc1C1C(=O)NCCN1C(=O)Nc1ccccc1. The van der Waals surface area contributed by atoms with Crippen molar-refractivity contribution >= 4 is 17.6 Å². The summed E-state index contributed by atoms with van der Waals surface area (Å²) in [5, 5.41) is 5.70. The third kappa shape index (κ3) is 3.18. The average Bonchev–Trinajstić information content (AvgIpc) is 2.56. The number of rotatable bonds is 2. The van der Waals surface area contributed by atoms with Crippen LogP contribution in [0.2, 0.25) is 0 Å². The number of urea groups is 1. The van der Waals surface area contributed by atoms with Crippen LogP contribution in [-0.4, -0.2) is 29.9 Å². The summed E-state index contributed by atoms with van der Waals surface area (Å²) in [5.41, 5.74) is 2.56. The fourth-order valence-electron chi connectivity index (χ4n) is 2.81. The van der Waals surface area contributed by atoms with Crippen molar-refractivity contribution in [1.82, 2.24) is 10.2 Å². The number of amides is 3. The van der Waals surface area contributed by atoms with Gasteiger partial charge in [-0.25, -0.2) is 4.79 Å². The van der Waals surface area contributed by atoms with Crippen molar-refractivity contribution in [1.29, 1.82) is 0 Å². The lowest BCUT2D eigenvalue weighted by atomic mass is 9.98. The number of aryl methyl sites for hydroxylation is 1. The van der Waals surface area contributed by atoms with Crippen LogP contribution in [0.1, 0.15) is 17.2 Å². The minimum Gasteiger partial charge on any atom is -0.352 e. The van der Waals surface area contributed by atoms with E-state index in [4.69, 9.17) is 0 Å². The first-order valence-electron chi connectivity index (χ1n) is 7.63. The number of carbonyl (C=O) groups is 2. The molecule has 23 heavy (non-hydrogen) atoms. The van der Waals surface area contributed by atoms with Crippen LogP contribution >= 0.6 is 0 Å². The predicted octanol–water partition coefficient (Wildman–Crippen LogP) is 2.70. The van der Waals surface area contributed by atoms with Crippen LogP contribution in [0.3, 0.4) is 0 Å². The highest BCUT2D eigenvalue weighted by Crippen LogP contribution is 2.26. The second kappa shape index (κ2) is 6.52. The monoisotopic (exact) mass is 309 g/mol. The van der Waals surface area contributed by atoms with Crippen LogP contribution in [0.5, 0.6) is 0 Å². The molecule has 1 aliphatic heterocycles. The van der Waals surface area contributed by atoms with Gasteiger partial charge in [0.05, 0.1) is 0 Å². The number of nitrogens with zero attached hydrogens (tertiary/aromatic N) is 1. The highest BCUT2D eigenvalue weighted by molar-refractivity contribution is 5.95. The number of piperazine rings is 1. The van der Waals surface area contributed by atoms with Gasteiger partial charge in [-0.05, 0) is 30.2 Å². The Balaban J connectivity index is 1.88.